The van der Waals surface area contributed by atoms with Crippen LogP contribution in [0.2, 0.25) is 0 Å². The first-order valence-electron chi connectivity index (χ1n) is 7.01. The van der Waals surface area contributed by atoms with Gasteiger partial charge in [-0.15, -0.1) is 5.10 Å². The molecule has 0 radical (unpaired) electrons. The van der Waals surface area contributed by atoms with Crippen molar-refractivity contribution < 1.29 is 0 Å². The highest BCUT2D eigenvalue weighted by Crippen LogP contribution is 2.20. The normalized spacial score (nSPS) is 10.7. The van der Waals surface area contributed by atoms with E-state index in [2.05, 4.69) is 21.1 Å². The Kier molecular flexibility index (Phi) is 3.36. The Labute approximate surface area is 122 Å². The molecule has 0 saturated heterocycles. The van der Waals surface area contributed by atoms with E-state index in [9.17, 15) is 5.26 Å². The fourth-order valence-electron chi connectivity index (χ4n) is 2.32. The van der Waals surface area contributed by atoms with Gasteiger partial charge in [-0.25, -0.2) is 9.97 Å². The molecule has 0 saturated carbocycles. The van der Waals surface area contributed by atoms with Gasteiger partial charge in [0.15, 0.2) is 11.6 Å². The Morgan fingerprint density at radius 1 is 1.14 bits per heavy atom. The van der Waals surface area contributed by atoms with Crippen LogP contribution < -0.4 is 0 Å². The molecule has 0 fully saturated rings. The molecule has 3 rings (SSSR count). The summed E-state index contributed by atoms with van der Waals surface area (Å²) in [6, 6.07) is 11.6. The zero-order valence-electron chi connectivity index (χ0n) is 12.0. The molecule has 5 heteroatoms. The fourth-order valence-corrected chi connectivity index (χ4v) is 2.32. The SMILES string of the molecule is CCc1nc(CC)n(-c2cc(C#N)c3ccccc3n2)n1. The molecule has 3 aromatic rings. The van der Waals surface area contributed by atoms with E-state index >= 15 is 0 Å². The lowest BCUT2D eigenvalue weighted by molar-refractivity contribution is 0.772. The van der Waals surface area contributed by atoms with Gasteiger partial charge < -0.3 is 0 Å². The molecule has 1 aromatic carbocycles. The topological polar surface area (TPSA) is 67.4 Å². The van der Waals surface area contributed by atoms with Crippen LogP contribution in [0.15, 0.2) is 30.3 Å². The first-order valence-corrected chi connectivity index (χ1v) is 7.01. The third-order valence-electron chi connectivity index (χ3n) is 3.39. The Morgan fingerprint density at radius 2 is 1.95 bits per heavy atom. The number of para-hydroxylation sites is 1. The standard InChI is InChI=1S/C16H15N5/c1-3-14-19-15(4-2)21(20-14)16-9-11(10-17)12-7-5-6-8-13(12)18-16/h5-9H,3-4H2,1-2H3. The van der Waals surface area contributed by atoms with Crippen LogP contribution in [0.4, 0.5) is 0 Å². The van der Waals surface area contributed by atoms with E-state index in [1.165, 1.54) is 0 Å². The minimum Gasteiger partial charge on any atom is -0.228 e. The van der Waals surface area contributed by atoms with Crippen LogP contribution in [0.25, 0.3) is 16.7 Å². The summed E-state index contributed by atoms with van der Waals surface area (Å²) >= 11 is 0. The molecule has 2 aromatic heterocycles. The number of aromatic nitrogens is 4. The average Bonchev–Trinajstić information content (AvgIpc) is 2.97. The second-order valence-corrected chi connectivity index (χ2v) is 4.72. The lowest BCUT2D eigenvalue weighted by atomic mass is 10.1. The lowest BCUT2D eigenvalue weighted by Crippen LogP contribution is -2.05. The number of pyridine rings is 1. The van der Waals surface area contributed by atoms with E-state index in [-0.39, 0.29) is 0 Å². The number of nitriles is 1. The molecule has 0 atom stereocenters. The minimum absolute atomic E-state index is 0.603. The molecule has 2 heterocycles. The summed E-state index contributed by atoms with van der Waals surface area (Å²) in [6.45, 7) is 4.06. The summed E-state index contributed by atoms with van der Waals surface area (Å²) in [4.78, 5) is 9.11. The minimum atomic E-state index is 0.603. The van der Waals surface area contributed by atoms with Crippen molar-refractivity contribution in [3.8, 4) is 11.9 Å². The lowest BCUT2D eigenvalue weighted by Gasteiger charge is -2.06. The van der Waals surface area contributed by atoms with Crippen LogP contribution in [-0.2, 0) is 12.8 Å². The smallest absolute Gasteiger partial charge is 0.157 e. The summed E-state index contributed by atoms with van der Waals surface area (Å²) in [7, 11) is 0. The number of fused-ring (bicyclic) bond motifs is 1. The van der Waals surface area contributed by atoms with Crippen molar-refractivity contribution in [3.63, 3.8) is 0 Å². The molecule has 0 aliphatic heterocycles. The van der Waals surface area contributed by atoms with E-state index < -0.39 is 0 Å². The Morgan fingerprint density at radius 3 is 2.67 bits per heavy atom. The Balaban J connectivity index is 2.26. The molecular formula is C16H15N5. The van der Waals surface area contributed by atoms with Crippen molar-refractivity contribution in [2.75, 3.05) is 0 Å². The number of hydrogen-bond donors (Lipinski definition) is 0. The zero-order valence-corrected chi connectivity index (χ0v) is 12.0. The summed E-state index contributed by atoms with van der Waals surface area (Å²) in [5.74, 6) is 2.30. The third-order valence-corrected chi connectivity index (χ3v) is 3.39. The van der Waals surface area contributed by atoms with Crippen LogP contribution in [0.5, 0.6) is 0 Å². The predicted octanol–water partition coefficient (Wildman–Crippen LogP) is 2.81. The van der Waals surface area contributed by atoms with Gasteiger partial charge in [0.25, 0.3) is 0 Å². The molecule has 21 heavy (non-hydrogen) atoms. The molecule has 0 bridgehead atoms. The zero-order chi connectivity index (χ0) is 14.8. The number of rotatable bonds is 3. The monoisotopic (exact) mass is 277 g/mol. The molecule has 5 nitrogen and oxygen atoms in total. The van der Waals surface area contributed by atoms with Crippen molar-refractivity contribution in [1.29, 1.82) is 5.26 Å². The van der Waals surface area contributed by atoms with Crippen LogP contribution in [0.3, 0.4) is 0 Å². The van der Waals surface area contributed by atoms with E-state index in [0.29, 0.717) is 11.4 Å². The summed E-state index contributed by atoms with van der Waals surface area (Å²) < 4.78 is 1.74. The first-order chi connectivity index (χ1) is 10.3. The first kappa shape index (κ1) is 13.3. The van der Waals surface area contributed by atoms with E-state index in [1.807, 2.05) is 38.1 Å². The van der Waals surface area contributed by atoms with Crippen molar-refractivity contribution in [3.05, 3.63) is 47.5 Å². The van der Waals surface area contributed by atoms with Crippen LogP contribution in [0, 0.1) is 11.3 Å². The maximum atomic E-state index is 9.36. The maximum Gasteiger partial charge on any atom is 0.157 e. The summed E-state index contributed by atoms with van der Waals surface area (Å²) in [5, 5.41) is 14.7. The summed E-state index contributed by atoms with van der Waals surface area (Å²) in [5.41, 5.74) is 1.40. The van der Waals surface area contributed by atoms with Gasteiger partial charge in [0, 0.05) is 24.3 Å². The molecule has 104 valence electrons. The highest BCUT2D eigenvalue weighted by Gasteiger charge is 2.12. The van der Waals surface area contributed by atoms with Crippen molar-refractivity contribution >= 4 is 10.9 Å². The van der Waals surface area contributed by atoms with E-state index in [1.54, 1.807) is 10.7 Å². The molecule has 0 amide bonds. The highest BCUT2D eigenvalue weighted by atomic mass is 15.4. The molecular weight excluding hydrogens is 262 g/mol. The molecule has 0 aliphatic rings. The van der Waals surface area contributed by atoms with Gasteiger partial charge >= 0.3 is 0 Å². The second-order valence-electron chi connectivity index (χ2n) is 4.72. The Bertz CT molecular complexity index is 841. The Hall–Kier alpha value is -2.74. The number of hydrogen-bond acceptors (Lipinski definition) is 4. The summed E-state index contributed by atoms with van der Waals surface area (Å²) in [6.07, 6.45) is 1.54. The predicted molar refractivity (Wildman–Crippen MR) is 80.1 cm³/mol. The van der Waals surface area contributed by atoms with Crippen molar-refractivity contribution in [2.45, 2.75) is 26.7 Å². The third kappa shape index (κ3) is 2.25. The van der Waals surface area contributed by atoms with Gasteiger partial charge in [0.2, 0.25) is 0 Å². The van der Waals surface area contributed by atoms with Gasteiger partial charge in [-0.05, 0) is 6.07 Å². The number of aryl methyl sites for hydroxylation is 2. The number of benzene rings is 1. The average molecular weight is 277 g/mol. The van der Waals surface area contributed by atoms with Gasteiger partial charge in [0.1, 0.15) is 5.82 Å². The van der Waals surface area contributed by atoms with Gasteiger partial charge in [-0.3, -0.25) is 0 Å². The molecule has 0 spiro atoms. The van der Waals surface area contributed by atoms with Crippen LogP contribution in [-0.4, -0.2) is 19.7 Å². The highest BCUT2D eigenvalue weighted by molar-refractivity contribution is 5.85. The van der Waals surface area contributed by atoms with E-state index in [0.717, 1.165) is 35.4 Å². The largest absolute Gasteiger partial charge is 0.228 e. The van der Waals surface area contributed by atoms with Gasteiger partial charge in [-0.2, -0.15) is 9.94 Å². The fraction of sp³-hybridized carbons (Fsp3) is 0.250. The molecule has 0 unspecified atom stereocenters. The second kappa shape index (κ2) is 5.33. The molecule has 0 N–H and O–H groups in total. The van der Waals surface area contributed by atoms with Crippen LogP contribution in [0.1, 0.15) is 31.1 Å². The molecule has 0 aliphatic carbocycles. The maximum absolute atomic E-state index is 9.36. The van der Waals surface area contributed by atoms with Crippen molar-refractivity contribution in [1.82, 2.24) is 19.7 Å². The number of nitrogens with zero attached hydrogens (tertiary/aromatic N) is 5. The van der Waals surface area contributed by atoms with Gasteiger partial charge in [-0.1, -0.05) is 32.0 Å². The van der Waals surface area contributed by atoms with Crippen molar-refractivity contribution in [2.24, 2.45) is 0 Å². The van der Waals surface area contributed by atoms with Gasteiger partial charge in [0.05, 0.1) is 17.1 Å². The van der Waals surface area contributed by atoms with Crippen LogP contribution >= 0.6 is 0 Å². The quantitative estimate of drug-likeness (QED) is 0.738. The van der Waals surface area contributed by atoms with E-state index in [4.69, 9.17) is 0 Å².